The molecule has 0 aliphatic carbocycles. The summed E-state index contributed by atoms with van der Waals surface area (Å²) >= 11 is 0. The van der Waals surface area contributed by atoms with E-state index >= 15 is 0 Å². The van der Waals surface area contributed by atoms with Crippen LogP contribution in [0.3, 0.4) is 0 Å². The van der Waals surface area contributed by atoms with E-state index in [2.05, 4.69) is 51.0 Å². The topological polar surface area (TPSA) is 35.5 Å². The predicted molar refractivity (Wildman–Crippen MR) is 107 cm³/mol. The predicted octanol–water partition coefficient (Wildman–Crippen LogP) is 3.34. The third-order valence-corrected chi connectivity index (χ3v) is 5.81. The van der Waals surface area contributed by atoms with Crippen molar-refractivity contribution in [3.8, 4) is 0 Å². The Kier molecular flexibility index (Phi) is 5.44. The van der Waals surface area contributed by atoms with Crippen LogP contribution in [0.5, 0.6) is 0 Å². The molecule has 7 heteroatoms. The molecule has 28 heavy (non-hydrogen) atoms. The largest absolute Gasteiger partial charge is 0.356 e. The number of aromatic nitrogens is 2. The van der Waals surface area contributed by atoms with Crippen molar-refractivity contribution in [2.75, 3.05) is 49.1 Å². The van der Waals surface area contributed by atoms with Gasteiger partial charge in [0.05, 0.1) is 0 Å². The minimum Gasteiger partial charge on any atom is -0.356 e. The van der Waals surface area contributed by atoms with E-state index in [9.17, 15) is 8.78 Å². The van der Waals surface area contributed by atoms with E-state index in [0.29, 0.717) is 13.1 Å². The zero-order valence-corrected chi connectivity index (χ0v) is 16.3. The number of benzene rings is 1. The Morgan fingerprint density at radius 2 is 1.50 bits per heavy atom. The molecule has 2 saturated heterocycles. The van der Waals surface area contributed by atoms with Gasteiger partial charge in [-0.3, -0.25) is 4.90 Å². The first kappa shape index (κ1) is 19.1. The quantitative estimate of drug-likeness (QED) is 0.804. The lowest BCUT2D eigenvalue weighted by Gasteiger charge is -2.36. The van der Waals surface area contributed by atoms with E-state index in [-0.39, 0.29) is 12.8 Å². The molecule has 2 aliphatic heterocycles. The van der Waals surface area contributed by atoms with Crippen molar-refractivity contribution >= 4 is 11.6 Å². The second-order valence-electron chi connectivity index (χ2n) is 7.77. The summed E-state index contributed by atoms with van der Waals surface area (Å²) < 4.78 is 26.8. The molecule has 0 unspecified atom stereocenters. The van der Waals surface area contributed by atoms with Gasteiger partial charge in [-0.05, 0) is 18.1 Å². The number of piperidine rings is 1. The number of aryl methyl sites for hydroxylation is 1. The van der Waals surface area contributed by atoms with Crippen LogP contribution in [0.25, 0.3) is 0 Å². The number of piperazine rings is 1. The van der Waals surface area contributed by atoms with Gasteiger partial charge in [0.25, 0.3) is 5.92 Å². The molecule has 0 amide bonds. The second-order valence-corrected chi connectivity index (χ2v) is 7.77. The van der Waals surface area contributed by atoms with Crippen molar-refractivity contribution in [2.45, 2.75) is 32.2 Å². The molecule has 0 radical (unpaired) electrons. The number of anilines is 2. The van der Waals surface area contributed by atoms with Gasteiger partial charge in [0.1, 0.15) is 18.0 Å². The minimum absolute atomic E-state index is 0.107. The minimum atomic E-state index is -2.54. The van der Waals surface area contributed by atoms with Crippen LogP contribution in [-0.2, 0) is 6.54 Å². The molecule has 1 aromatic carbocycles. The van der Waals surface area contributed by atoms with E-state index in [0.717, 1.165) is 44.4 Å². The maximum atomic E-state index is 13.4. The number of nitrogens with zero attached hydrogens (tertiary/aromatic N) is 5. The highest BCUT2D eigenvalue weighted by Gasteiger charge is 2.34. The van der Waals surface area contributed by atoms with Gasteiger partial charge in [-0.25, -0.2) is 18.7 Å². The van der Waals surface area contributed by atoms with Crippen molar-refractivity contribution in [2.24, 2.45) is 0 Å². The highest BCUT2D eigenvalue weighted by atomic mass is 19.3. The molecule has 0 N–H and O–H groups in total. The van der Waals surface area contributed by atoms with Gasteiger partial charge >= 0.3 is 0 Å². The third kappa shape index (κ3) is 4.41. The lowest BCUT2D eigenvalue weighted by Crippen LogP contribution is -2.46. The molecule has 0 saturated carbocycles. The molecular weight excluding hydrogens is 360 g/mol. The van der Waals surface area contributed by atoms with Crippen LogP contribution < -0.4 is 9.80 Å². The van der Waals surface area contributed by atoms with E-state index in [1.165, 1.54) is 11.1 Å². The fourth-order valence-electron chi connectivity index (χ4n) is 3.91. The van der Waals surface area contributed by atoms with Crippen molar-refractivity contribution in [3.05, 3.63) is 47.8 Å². The summed E-state index contributed by atoms with van der Waals surface area (Å²) in [7, 11) is 0. The van der Waals surface area contributed by atoms with Crippen molar-refractivity contribution in [1.29, 1.82) is 0 Å². The maximum absolute atomic E-state index is 13.4. The molecule has 2 fully saturated rings. The molecule has 3 heterocycles. The molecule has 0 spiro atoms. The number of hydrogen-bond acceptors (Lipinski definition) is 5. The summed E-state index contributed by atoms with van der Waals surface area (Å²) in [6.07, 6.45) is 1.34. The van der Waals surface area contributed by atoms with Gasteiger partial charge in [0.15, 0.2) is 0 Å². The Morgan fingerprint density at radius 1 is 0.893 bits per heavy atom. The molecule has 5 nitrogen and oxygen atoms in total. The average molecular weight is 387 g/mol. The van der Waals surface area contributed by atoms with Crippen LogP contribution in [0.4, 0.5) is 20.4 Å². The summed E-state index contributed by atoms with van der Waals surface area (Å²) in [4.78, 5) is 15.4. The zero-order valence-electron chi connectivity index (χ0n) is 16.3. The Balaban J connectivity index is 1.35. The van der Waals surface area contributed by atoms with Gasteiger partial charge in [0, 0.05) is 64.7 Å². The summed E-state index contributed by atoms with van der Waals surface area (Å²) in [5.41, 5.74) is 2.71. The van der Waals surface area contributed by atoms with Gasteiger partial charge in [-0.1, -0.05) is 24.3 Å². The Morgan fingerprint density at radius 3 is 2.14 bits per heavy atom. The zero-order chi connectivity index (χ0) is 19.6. The number of hydrogen-bond donors (Lipinski definition) is 0. The smallest absolute Gasteiger partial charge is 0.251 e. The summed E-state index contributed by atoms with van der Waals surface area (Å²) in [6.45, 7) is 7.57. The molecule has 2 aromatic rings. The molecule has 0 bridgehead atoms. The summed E-state index contributed by atoms with van der Waals surface area (Å²) in [5.74, 6) is -0.902. The van der Waals surface area contributed by atoms with E-state index in [4.69, 9.17) is 0 Å². The Hall–Kier alpha value is -2.28. The first-order valence-corrected chi connectivity index (χ1v) is 9.97. The van der Waals surface area contributed by atoms with Gasteiger partial charge in [-0.15, -0.1) is 0 Å². The molecule has 0 atom stereocenters. The highest BCUT2D eigenvalue weighted by Crippen LogP contribution is 2.30. The average Bonchev–Trinajstić information content (AvgIpc) is 2.70. The molecule has 1 aromatic heterocycles. The SMILES string of the molecule is Cc1ccccc1CN1CCN(c2cc(N3CCC(F)(F)CC3)ncn2)CC1. The van der Waals surface area contributed by atoms with Gasteiger partial charge in [0.2, 0.25) is 0 Å². The lowest BCUT2D eigenvalue weighted by atomic mass is 10.1. The summed E-state index contributed by atoms with van der Waals surface area (Å²) in [6, 6.07) is 10.5. The Labute approximate surface area is 165 Å². The van der Waals surface area contributed by atoms with Gasteiger partial charge < -0.3 is 9.80 Å². The summed E-state index contributed by atoms with van der Waals surface area (Å²) in [5, 5.41) is 0. The van der Waals surface area contributed by atoms with Crippen LogP contribution in [0.1, 0.15) is 24.0 Å². The van der Waals surface area contributed by atoms with Crippen molar-refractivity contribution < 1.29 is 8.78 Å². The third-order valence-electron chi connectivity index (χ3n) is 5.81. The molecule has 4 rings (SSSR count). The van der Waals surface area contributed by atoms with E-state index < -0.39 is 5.92 Å². The van der Waals surface area contributed by atoms with E-state index in [1.54, 1.807) is 6.33 Å². The first-order valence-electron chi connectivity index (χ1n) is 9.97. The van der Waals surface area contributed by atoms with Crippen LogP contribution in [-0.4, -0.2) is 60.1 Å². The van der Waals surface area contributed by atoms with E-state index in [1.807, 2.05) is 11.0 Å². The van der Waals surface area contributed by atoms with Crippen LogP contribution in [0.2, 0.25) is 0 Å². The molecule has 2 aliphatic rings. The van der Waals surface area contributed by atoms with Crippen LogP contribution in [0, 0.1) is 6.92 Å². The monoisotopic (exact) mass is 387 g/mol. The molecule has 150 valence electrons. The fourth-order valence-corrected chi connectivity index (χ4v) is 3.91. The fraction of sp³-hybridized carbons (Fsp3) is 0.524. The number of alkyl halides is 2. The normalized spacial score (nSPS) is 20.4. The van der Waals surface area contributed by atoms with Gasteiger partial charge in [-0.2, -0.15) is 0 Å². The van der Waals surface area contributed by atoms with Crippen LogP contribution in [0.15, 0.2) is 36.7 Å². The van der Waals surface area contributed by atoms with Crippen molar-refractivity contribution in [3.63, 3.8) is 0 Å². The van der Waals surface area contributed by atoms with Crippen LogP contribution >= 0.6 is 0 Å². The molecular formula is C21H27F2N5. The second kappa shape index (κ2) is 7.99. The first-order chi connectivity index (χ1) is 13.5. The lowest BCUT2D eigenvalue weighted by molar-refractivity contribution is -0.0221. The highest BCUT2D eigenvalue weighted by molar-refractivity contribution is 5.50. The standard InChI is InChI=1S/C21H27F2N5/c1-17-4-2-3-5-18(17)15-26-10-12-28(13-11-26)20-14-19(24-16-25-20)27-8-6-21(22,23)7-9-27/h2-5,14,16H,6-13,15H2,1H3. The Bertz CT molecular complexity index is 795. The number of halogens is 2. The van der Waals surface area contributed by atoms with Crippen molar-refractivity contribution in [1.82, 2.24) is 14.9 Å². The maximum Gasteiger partial charge on any atom is 0.251 e. The number of rotatable bonds is 4.